The maximum atomic E-state index is 12.1. The number of nitro groups is 1. The molecule has 1 amide bonds. The van der Waals surface area contributed by atoms with Gasteiger partial charge in [0.05, 0.1) is 21.6 Å². The van der Waals surface area contributed by atoms with Gasteiger partial charge in [0.1, 0.15) is 5.69 Å². The first kappa shape index (κ1) is 17.1. The summed E-state index contributed by atoms with van der Waals surface area (Å²) in [5.74, 6) is -0.291. The number of anilines is 1. The Morgan fingerprint density at radius 1 is 1.39 bits per heavy atom. The molecule has 0 radical (unpaired) electrons. The van der Waals surface area contributed by atoms with E-state index in [0.29, 0.717) is 6.54 Å². The van der Waals surface area contributed by atoms with E-state index in [1.165, 1.54) is 6.07 Å². The molecule has 0 atom stereocenters. The standard InChI is InChI=1S/C15H17BrN4O3/c1-9-4-5-12(13(8-9)20(22)23)17-14(21)6-7-19-11(3)15(16)10(2)18-19/h4-5,8H,6-7H2,1-3H3,(H,17,21). The van der Waals surface area contributed by atoms with Gasteiger partial charge in [-0.1, -0.05) is 6.07 Å². The van der Waals surface area contributed by atoms with Crippen molar-refractivity contribution >= 4 is 33.2 Å². The summed E-state index contributed by atoms with van der Waals surface area (Å²) in [6.45, 7) is 5.96. The molecule has 0 saturated carbocycles. The second-order valence-electron chi connectivity index (χ2n) is 5.28. The van der Waals surface area contributed by atoms with Gasteiger partial charge in [0.2, 0.25) is 5.91 Å². The SMILES string of the molecule is Cc1ccc(NC(=O)CCn2nc(C)c(Br)c2C)c([N+](=O)[O-])c1. The van der Waals surface area contributed by atoms with Gasteiger partial charge in [-0.25, -0.2) is 0 Å². The molecule has 23 heavy (non-hydrogen) atoms. The molecule has 0 aliphatic carbocycles. The normalized spacial score (nSPS) is 10.6. The number of benzene rings is 1. The lowest BCUT2D eigenvalue weighted by Gasteiger charge is -2.08. The highest BCUT2D eigenvalue weighted by Crippen LogP contribution is 2.25. The highest BCUT2D eigenvalue weighted by atomic mass is 79.9. The average Bonchev–Trinajstić information content (AvgIpc) is 2.74. The zero-order valence-electron chi connectivity index (χ0n) is 13.1. The number of carbonyl (C=O) groups excluding carboxylic acids is 1. The Morgan fingerprint density at radius 2 is 2.09 bits per heavy atom. The number of carbonyl (C=O) groups is 1. The van der Waals surface area contributed by atoms with E-state index in [0.717, 1.165) is 21.4 Å². The van der Waals surface area contributed by atoms with Gasteiger partial charge in [0.15, 0.2) is 0 Å². The predicted octanol–water partition coefficient (Wildman–Crippen LogP) is 3.51. The minimum atomic E-state index is -0.499. The van der Waals surface area contributed by atoms with E-state index in [4.69, 9.17) is 0 Å². The maximum absolute atomic E-state index is 12.1. The highest BCUT2D eigenvalue weighted by molar-refractivity contribution is 9.10. The lowest BCUT2D eigenvalue weighted by atomic mass is 10.2. The fraction of sp³-hybridized carbons (Fsp3) is 0.333. The van der Waals surface area contributed by atoms with E-state index in [9.17, 15) is 14.9 Å². The lowest BCUT2D eigenvalue weighted by Crippen LogP contribution is -2.16. The molecule has 1 aromatic heterocycles. The van der Waals surface area contributed by atoms with Gasteiger partial charge in [0.25, 0.3) is 5.69 Å². The van der Waals surface area contributed by atoms with E-state index < -0.39 is 4.92 Å². The summed E-state index contributed by atoms with van der Waals surface area (Å²) in [5.41, 5.74) is 2.67. The molecule has 0 fully saturated rings. The molecule has 2 aromatic rings. The third-order valence-corrected chi connectivity index (χ3v) is 4.62. The minimum Gasteiger partial charge on any atom is -0.320 e. The molecule has 7 nitrogen and oxygen atoms in total. The number of halogens is 1. The molecular formula is C15H17BrN4O3. The summed E-state index contributed by atoms with van der Waals surface area (Å²) in [7, 11) is 0. The van der Waals surface area contributed by atoms with Crippen LogP contribution in [-0.4, -0.2) is 20.6 Å². The monoisotopic (exact) mass is 380 g/mol. The van der Waals surface area contributed by atoms with Gasteiger partial charge in [-0.05, 0) is 48.3 Å². The van der Waals surface area contributed by atoms with Crippen molar-refractivity contribution in [3.05, 3.63) is 49.7 Å². The van der Waals surface area contributed by atoms with E-state index in [1.807, 2.05) is 13.8 Å². The number of amides is 1. The van der Waals surface area contributed by atoms with Crippen molar-refractivity contribution in [1.29, 1.82) is 0 Å². The van der Waals surface area contributed by atoms with Crippen LogP contribution in [0.5, 0.6) is 0 Å². The van der Waals surface area contributed by atoms with Crippen molar-refractivity contribution in [1.82, 2.24) is 9.78 Å². The average molecular weight is 381 g/mol. The Balaban J connectivity index is 2.05. The number of nitrogens with zero attached hydrogens (tertiary/aromatic N) is 3. The van der Waals surface area contributed by atoms with Crippen LogP contribution in [0.3, 0.4) is 0 Å². The zero-order valence-corrected chi connectivity index (χ0v) is 14.7. The number of aryl methyl sites for hydroxylation is 3. The van der Waals surface area contributed by atoms with Crippen LogP contribution in [0.1, 0.15) is 23.4 Å². The third kappa shape index (κ3) is 3.95. The van der Waals surface area contributed by atoms with Crippen LogP contribution in [0.4, 0.5) is 11.4 Å². The number of aromatic nitrogens is 2. The van der Waals surface area contributed by atoms with Crippen molar-refractivity contribution in [3.63, 3.8) is 0 Å². The quantitative estimate of drug-likeness (QED) is 0.634. The first-order valence-electron chi connectivity index (χ1n) is 7.04. The fourth-order valence-electron chi connectivity index (χ4n) is 2.21. The first-order chi connectivity index (χ1) is 10.8. The van der Waals surface area contributed by atoms with Crippen LogP contribution >= 0.6 is 15.9 Å². The molecule has 1 heterocycles. The number of nitrogens with one attached hydrogen (secondary N) is 1. The van der Waals surface area contributed by atoms with Crippen LogP contribution in [0.25, 0.3) is 0 Å². The van der Waals surface area contributed by atoms with Crippen molar-refractivity contribution in [2.75, 3.05) is 5.32 Å². The molecule has 8 heteroatoms. The van der Waals surface area contributed by atoms with Crippen LogP contribution in [-0.2, 0) is 11.3 Å². The van der Waals surface area contributed by atoms with Crippen LogP contribution in [0.2, 0.25) is 0 Å². The Bertz CT molecular complexity index is 770. The Morgan fingerprint density at radius 3 is 2.65 bits per heavy atom. The topological polar surface area (TPSA) is 90.1 Å². The van der Waals surface area contributed by atoms with E-state index in [1.54, 1.807) is 23.7 Å². The second kappa shape index (κ2) is 6.91. The van der Waals surface area contributed by atoms with Gasteiger partial charge >= 0.3 is 0 Å². The van der Waals surface area contributed by atoms with Crippen molar-refractivity contribution in [3.8, 4) is 0 Å². The molecule has 0 saturated heterocycles. The lowest BCUT2D eigenvalue weighted by molar-refractivity contribution is -0.384. The summed E-state index contributed by atoms with van der Waals surface area (Å²) < 4.78 is 2.66. The molecule has 0 spiro atoms. The van der Waals surface area contributed by atoms with Crippen LogP contribution in [0, 0.1) is 30.9 Å². The van der Waals surface area contributed by atoms with Crippen molar-refractivity contribution in [2.24, 2.45) is 0 Å². The molecule has 0 aliphatic rings. The summed E-state index contributed by atoms with van der Waals surface area (Å²) >= 11 is 3.43. The smallest absolute Gasteiger partial charge is 0.293 e. The summed E-state index contributed by atoms with van der Waals surface area (Å²) in [5, 5.41) is 18.0. The van der Waals surface area contributed by atoms with E-state index in [-0.39, 0.29) is 23.7 Å². The first-order valence-corrected chi connectivity index (χ1v) is 7.83. The zero-order chi connectivity index (χ0) is 17.1. The minimum absolute atomic E-state index is 0.104. The molecule has 1 N–H and O–H groups in total. The Kier molecular flexibility index (Phi) is 5.15. The molecule has 122 valence electrons. The van der Waals surface area contributed by atoms with Gasteiger partial charge in [-0.2, -0.15) is 5.10 Å². The molecule has 0 unspecified atom stereocenters. The largest absolute Gasteiger partial charge is 0.320 e. The third-order valence-electron chi connectivity index (χ3n) is 3.47. The summed E-state index contributed by atoms with van der Waals surface area (Å²) in [6, 6.07) is 4.71. The fourth-order valence-corrected chi connectivity index (χ4v) is 2.50. The maximum Gasteiger partial charge on any atom is 0.293 e. The van der Waals surface area contributed by atoms with Gasteiger partial charge in [-0.15, -0.1) is 0 Å². The van der Waals surface area contributed by atoms with Gasteiger partial charge < -0.3 is 5.32 Å². The number of nitro benzene ring substituents is 1. The number of rotatable bonds is 5. The number of hydrogen-bond donors (Lipinski definition) is 1. The van der Waals surface area contributed by atoms with Gasteiger partial charge in [-0.3, -0.25) is 19.6 Å². The van der Waals surface area contributed by atoms with Crippen molar-refractivity contribution < 1.29 is 9.72 Å². The van der Waals surface area contributed by atoms with E-state index >= 15 is 0 Å². The van der Waals surface area contributed by atoms with Crippen molar-refractivity contribution in [2.45, 2.75) is 33.7 Å². The van der Waals surface area contributed by atoms with Crippen LogP contribution < -0.4 is 5.32 Å². The van der Waals surface area contributed by atoms with Crippen LogP contribution in [0.15, 0.2) is 22.7 Å². The summed E-state index contributed by atoms with van der Waals surface area (Å²) in [6.07, 6.45) is 0.180. The molecular weight excluding hydrogens is 364 g/mol. The molecule has 2 rings (SSSR count). The molecule has 1 aromatic carbocycles. The van der Waals surface area contributed by atoms with E-state index in [2.05, 4.69) is 26.3 Å². The van der Waals surface area contributed by atoms with Gasteiger partial charge in [0, 0.05) is 18.2 Å². The Labute approximate surface area is 142 Å². The highest BCUT2D eigenvalue weighted by Gasteiger charge is 2.16. The number of hydrogen-bond acceptors (Lipinski definition) is 4. The Hall–Kier alpha value is -2.22. The predicted molar refractivity (Wildman–Crippen MR) is 90.5 cm³/mol. The molecule has 0 bridgehead atoms. The molecule has 0 aliphatic heterocycles. The second-order valence-corrected chi connectivity index (χ2v) is 6.08. The summed E-state index contributed by atoms with van der Waals surface area (Å²) in [4.78, 5) is 22.6.